The van der Waals surface area contributed by atoms with Crippen molar-refractivity contribution in [3.63, 3.8) is 0 Å². The average molecular weight is 449 g/mol. The lowest BCUT2D eigenvalue weighted by Gasteiger charge is -2.36. The van der Waals surface area contributed by atoms with E-state index < -0.39 is 0 Å². The zero-order valence-corrected chi connectivity index (χ0v) is 18.7. The van der Waals surface area contributed by atoms with Crippen LogP contribution in [0, 0.1) is 0 Å². The van der Waals surface area contributed by atoms with Gasteiger partial charge < -0.3 is 9.64 Å². The zero-order valence-electron chi connectivity index (χ0n) is 18.0. The second-order valence-electron chi connectivity index (χ2n) is 7.84. The normalized spacial score (nSPS) is 14.2. The van der Waals surface area contributed by atoms with Gasteiger partial charge in [-0.05, 0) is 59.2 Å². The second-order valence-corrected chi connectivity index (χ2v) is 8.28. The third kappa shape index (κ3) is 5.01. The average Bonchev–Trinajstić information content (AvgIpc) is 2.85. The van der Waals surface area contributed by atoms with Crippen LogP contribution in [0.15, 0.2) is 66.7 Å². The fourth-order valence-electron chi connectivity index (χ4n) is 4.06. The number of hydrogen-bond acceptors (Lipinski definition) is 5. The van der Waals surface area contributed by atoms with Gasteiger partial charge in [-0.15, -0.1) is 0 Å². The predicted octanol–water partition coefficient (Wildman–Crippen LogP) is 4.93. The van der Waals surface area contributed by atoms with Gasteiger partial charge in [0.15, 0.2) is 0 Å². The monoisotopic (exact) mass is 448 g/mol. The highest BCUT2D eigenvalue weighted by Crippen LogP contribution is 2.28. The molecule has 0 saturated carbocycles. The number of esters is 1. The van der Waals surface area contributed by atoms with E-state index >= 15 is 0 Å². The molecule has 0 unspecified atom stereocenters. The number of ether oxygens (including phenoxy) is 1. The number of carbonyl (C=O) groups excluding carboxylic acids is 2. The highest BCUT2D eigenvalue weighted by Gasteiger charge is 2.19. The van der Waals surface area contributed by atoms with Gasteiger partial charge in [-0.1, -0.05) is 35.9 Å². The Morgan fingerprint density at radius 3 is 2.28 bits per heavy atom. The molecule has 1 aliphatic rings. The van der Waals surface area contributed by atoms with Crippen molar-refractivity contribution in [3.8, 4) is 11.1 Å². The number of benzene rings is 3. The summed E-state index contributed by atoms with van der Waals surface area (Å²) in [5.41, 5.74) is 5.68. The smallest absolute Gasteiger partial charge is 0.337 e. The molecule has 0 amide bonds. The van der Waals surface area contributed by atoms with Crippen molar-refractivity contribution in [1.29, 1.82) is 0 Å². The van der Waals surface area contributed by atoms with E-state index in [0.29, 0.717) is 16.1 Å². The van der Waals surface area contributed by atoms with Crippen LogP contribution < -0.4 is 4.90 Å². The van der Waals surface area contributed by atoms with Gasteiger partial charge in [-0.3, -0.25) is 9.69 Å². The maximum Gasteiger partial charge on any atom is 0.337 e. The molecule has 5 nitrogen and oxygen atoms in total. The maximum absolute atomic E-state index is 11.6. The molecule has 1 aliphatic heterocycles. The quantitative estimate of drug-likeness (QED) is 0.395. The largest absolute Gasteiger partial charge is 0.465 e. The van der Waals surface area contributed by atoms with Crippen LogP contribution in [-0.4, -0.2) is 50.4 Å². The third-order valence-corrected chi connectivity index (χ3v) is 6.09. The number of hydrogen-bond donors (Lipinski definition) is 0. The molecule has 0 spiro atoms. The highest BCUT2D eigenvalue weighted by atomic mass is 35.5. The molecule has 3 aromatic rings. The fraction of sp³-hybridized carbons (Fsp3) is 0.231. The first-order valence-corrected chi connectivity index (χ1v) is 10.9. The maximum atomic E-state index is 11.6. The molecule has 0 bridgehead atoms. The molecule has 32 heavy (non-hydrogen) atoms. The van der Waals surface area contributed by atoms with Gasteiger partial charge in [0.25, 0.3) is 0 Å². The molecule has 0 N–H and O–H groups in total. The molecule has 0 radical (unpaired) electrons. The Hall–Kier alpha value is -3.15. The Morgan fingerprint density at radius 2 is 1.66 bits per heavy atom. The van der Waals surface area contributed by atoms with Crippen molar-refractivity contribution in [2.45, 2.75) is 6.54 Å². The molecule has 1 saturated heterocycles. The summed E-state index contributed by atoms with van der Waals surface area (Å²) in [6, 6.07) is 21.2. The standard InChI is InChI=1S/C26H25ClN2O3/c1-32-26(31)21-5-9-24(10-6-21)29-14-12-28(13-15-29)17-22-16-19(18-30)2-11-25(22)20-3-7-23(27)8-4-20/h2-11,16,18H,12-15,17H2,1H3. The van der Waals surface area contributed by atoms with Crippen molar-refractivity contribution < 1.29 is 14.3 Å². The van der Waals surface area contributed by atoms with Gasteiger partial charge in [0.2, 0.25) is 0 Å². The van der Waals surface area contributed by atoms with Gasteiger partial charge in [0.05, 0.1) is 12.7 Å². The SMILES string of the molecule is COC(=O)c1ccc(N2CCN(Cc3cc(C=O)ccc3-c3ccc(Cl)cc3)CC2)cc1. The van der Waals surface area contributed by atoms with Gasteiger partial charge in [0.1, 0.15) is 6.29 Å². The van der Waals surface area contributed by atoms with E-state index in [-0.39, 0.29) is 5.97 Å². The number of anilines is 1. The first-order valence-electron chi connectivity index (χ1n) is 10.6. The van der Waals surface area contributed by atoms with E-state index in [0.717, 1.165) is 61.4 Å². The first-order chi connectivity index (χ1) is 15.6. The van der Waals surface area contributed by atoms with Crippen molar-refractivity contribution in [2.75, 3.05) is 38.2 Å². The summed E-state index contributed by atoms with van der Waals surface area (Å²) >= 11 is 6.06. The summed E-state index contributed by atoms with van der Waals surface area (Å²) in [7, 11) is 1.39. The second kappa shape index (κ2) is 9.98. The fourth-order valence-corrected chi connectivity index (χ4v) is 4.19. The van der Waals surface area contributed by atoms with Crippen molar-refractivity contribution in [3.05, 3.63) is 88.4 Å². The van der Waals surface area contributed by atoms with Crippen LogP contribution in [0.2, 0.25) is 5.02 Å². The van der Waals surface area contributed by atoms with Crippen molar-refractivity contribution >= 4 is 29.5 Å². The summed E-state index contributed by atoms with van der Waals surface area (Å²) in [4.78, 5) is 27.7. The minimum absolute atomic E-state index is 0.324. The Balaban J connectivity index is 1.45. The van der Waals surface area contributed by atoms with E-state index in [1.54, 1.807) is 12.1 Å². The molecule has 0 atom stereocenters. The minimum atomic E-state index is -0.324. The van der Waals surface area contributed by atoms with Crippen molar-refractivity contribution in [2.24, 2.45) is 0 Å². The molecular formula is C26H25ClN2O3. The Kier molecular flexibility index (Phi) is 6.88. The number of halogens is 1. The highest BCUT2D eigenvalue weighted by molar-refractivity contribution is 6.30. The summed E-state index contributed by atoms with van der Waals surface area (Å²) < 4.78 is 4.77. The summed E-state index contributed by atoms with van der Waals surface area (Å²) in [5.74, 6) is -0.324. The van der Waals surface area contributed by atoms with Crippen LogP contribution in [0.1, 0.15) is 26.3 Å². The van der Waals surface area contributed by atoms with Gasteiger partial charge in [-0.25, -0.2) is 4.79 Å². The van der Waals surface area contributed by atoms with Crippen LogP contribution in [0.5, 0.6) is 0 Å². The van der Waals surface area contributed by atoms with Crippen LogP contribution in [0.4, 0.5) is 5.69 Å². The van der Waals surface area contributed by atoms with Crippen LogP contribution >= 0.6 is 11.6 Å². The van der Waals surface area contributed by atoms with E-state index in [9.17, 15) is 9.59 Å². The topological polar surface area (TPSA) is 49.9 Å². The predicted molar refractivity (Wildman–Crippen MR) is 128 cm³/mol. The lowest BCUT2D eigenvalue weighted by molar-refractivity contribution is 0.0600. The third-order valence-electron chi connectivity index (χ3n) is 5.84. The number of rotatable bonds is 6. The molecule has 0 aromatic heterocycles. The van der Waals surface area contributed by atoms with Gasteiger partial charge in [-0.2, -0.15) is 0 Å². The zero-order chi connectivity index (χ0) is 22.5. The van der Waals surface area contributed by atoms with Crippen molar-refractivity contribution in [1.82, 2.24) is 4.90 Å². The Labute approximate surface area is 193 Å². The molecule has 164 valence electrons. The molecule has 1 heterocycles. The number of aldehydes is 1. The van der Waals surface area contributed by atoms with E-state index in [1.165, 1.54) is 7.11 Å². The van der Waals surface area contributed by atoms with Crippen LogP contribution in [-0.2, 0) is 11.3 Å². The van der Waals surface area contributed by atoms with Crippen LogP contribution in [0.3, 0.4) is 0 Å². The lowest BCUT2D eigenvalue weighted by atomic mass is 9.97. The van der Waals surface area contributed by atoms with Gasteiger partial charge >= 0.3 is 5.97 Å². The Morgan fingerprint density at radius 1 is 0.969 bits per heavy atom. The lowest BCUT2D eigenvalue weighted by Crippen LogP contribution is -2.46. The molecular weight excluding hydrogens is 424 g/mol. The summed E-state index contributed by atoms with van der Waals surface area (Å²) in [6.45, 7) is 4.37. The molecule has 4 rings (SSSR count). The number of nitrogens with zero attached hydrogens (tertiary/aromatic N) is 2. The number of methoxy groups -OCH3 is 1. The number of carbonyl (C=O) groups is 2. The van der Waals surface area contributed by atoms with Crippen LogP contribution in [0.25, 0.3) is 11.1 Å². The summed E-state index contributed by atoms with van der Waals surface area (Å²) in [5, 5.41) is 0.704. The minimum Gasteiger partial charge on any atom is -0.465 e. The molecule has 0 aliphatic carbocycles. The number of piperazine rings is 1. The van der Waals surface area contributed by atoms with E-state index in [2.05, 4.69) is 9.80 Å². The van der Waals surface area contributed by atoms with Gasteiger partial charge in [0, 0.05) is 49.0 Å². The molecule has 6 heteroatoms. The molecule has 1 fully saturated rings. The van der Waals surface area contributed by atoms with E-state index in [1.807, 2.05) is 54.6 Å². The van der Waals surface area contributed by atoms with E-state index in [4.69, 9.17) is 16.3 Å². The summed E-state index contributed by atoms with van der Waals surface area (Å²) in [6.07, 6.45) is 0.894. The Bertz CT molecular complexity index is 1090. The first kappa shape index (κ1) is 22.1. The molecule has 3 aromatic carbocycles.